The van der Waals surface area contributed by atoms with E-state index in [0.717, 1.165) is 12.1 Å². The number of halogens is 2. The van der Waals surface area contributed by atoms with Gasteiger partial charge in [0.2, 0.25) is 0 Å². The van der Waals surface area contributed by atoms with E-state index in [4.69, 9.17) is 0 Å². The number of benzene rings is 2. The van der Waals surface area contributed by atoms with Crippen LogP contribution >= 0.6 is 0 Å². The molecule has 2 rings (SSSR count). The summed E-state index contributed by atoms with van der Waals surface area (Å²) in [5, 5.41) is 2.56. The van der Waals surface area contributed by atoms with Gasteiger partial charge in [0, 0.05) is 28.8 Å². The molecular weight excluding hydrogens is 296 g/mol. The molecule has 2 aromatic carbocycles. The monoisotopic (exact) mass is 309 g/mol. The first-order valence-corrected chi connectivity index (χ1v) is 7.84. The van der Waals surface area contributed by atoms with Gasteiger partial charge in [-0.1, -0.05) is 18.2 Å². The molecule has 0 spiro atoms. The predicted molar refractivity (Wildman–Crippen MR) is 78.5 cm³/mol. The standard InChI is InChI=1S/C15H13F2NO2S/c1-21(20)9-10-4-2-3-5-14(10)18-15(19)12-7-6-11(16)8-13(12)17/h2-8H,9H2,1H3,(H,18,19). The highest BCUT2D eigenvalue weighted by Crippen LogP contribution is 2.19. The number of hydrogen-bond acceptors (Lipinski definition) is 2. The van der Waals surface area contributed by atoms with Gasteiger partial charge in [-0.3, -0.25) is 9.00 Å². The van der Waals surface area contributed by atoms with Crippen molar-refractivity contribution in [1.82, 2.24) is 0 Å². The summed E-state index contributed by atoms with van der Waals surface area (Å²) in [6, 6.07) is 9.60. The molecule has 0 aliphatic heterocycles. The highest BCUT2D eigenvalue weighted by atomic mass is 32.2. The molecular formula is C15H13F2NO2S. The van der Waals surface area contributed by atoms with Crippen LogP contribution in [-0.4, -0.2) is 16.4 Å². The number of carbonyl (C=O) groups is 1. The lowest BCUT2D eigenvalue weighted by atomic mass is 10.1. The summed E-state index contributed by atoms with van der Waals surface area (Å²) in [6.07, 6.45) is 1.55. The zero-order valence-corrected chi connectivity index (χ0v) is 12.0. The molecule has 0 aromatic heterocycles. The van der Waals surface area contributed by atoms with Crippen LogP contribution in [0.25, 0.3) is 0 Å². The van der Waals surface area contributed by atoms with E-state index in [9.17, 15) is 17.8 Å². The minimum Gasteiger partial charge on any atom is -0.322 e. The largest absolute Gasteiger partial charge is 0.322 e. The molecule has 3 nitrogen and oxygen atoms in total. The van der Waals surface area contributed by atoms with Crippen molar-refractivity contribution in [3.8, 4) is 0 Å². The van der Waals surface area contributed by atoms with Crippen LogP contribution in [0.5, 0.6) is 0 Å². The van der Waals surface area contributed by atoms with Crippen LogP contribution in [0.3, 0.4) is 0 Å². The second kappa shape index (κ2) is 6.58. The van der Waals surface area contributed by atoms with Crippen molar-refractivity contribution in [3.63, 3.8) is 0 Å². The summed E-state index contributed by atoms with van der Waals surface area (Å²) >= 11 is 0. The zero-order chi connectivity index (χ0) is 15.4. The fourth-order valence-corrected chi connectivity index (χ4v) is 2.54. The van der Waals surface area contributed by atoms with Gasteiger partial charge in [0.15, 0.2) is 0 Å². The number of carbonyl (C=O) groups excluding carboxylic acids is 1. The first-order chi connectivity index (χ1) is 9.97. The van der Waals surface area contributed by atoms with Crippen LogP contribution in [-0.2, 0) is 16.6 Å². The SMILES string of the molecule is CS(=O)Cc1ccccc1NC(=O)c1ccc(F)cc1F. The Hall–Kier alpha value is -2.08. The molecule has 110 valence electrons. The maximum absolute atomic E-state index is 13.6. The number of para-hydroxylation sites is 1. The van der Waals surface area contributed by atoms with E-state index in [1.165, 1.54) is 0 Å². The van der Waals surface area contributed by atoms with E-state index < -0.39 is 28.3 Å². The maximum atomic E-state index is 13.6. The van der Waals surface area contributed by atoms with Gasteiger partial charge in [0.1, 0.15) is 11.6 Å². The fourth-order valence-electron chi connectivity index (χ4n) is 1.85. The Balaban J connectivity index is 2.25. The van der Waals surface area contributed by atoms with Crippen LogP contribution in [0.2, 0.25) is 0 Å². The van der Waals surface area contributed by atoms with E-state index in [1.54, 1.807) is 30.5 Å². The lowest BCUT2D eigenvalue weighted by molar-refractivity contribution is 0.102. The van der Waals surface area contributed by atoms with E-state index in [1.807, 2.05) is 0 Å². The molecule has 0 heterocycles. The first kappa shape index (κ1) is 15.3. The molecule has 1 N–H and O–H groups in total. The van der Waals surface area contributed by atoms with E-state index >= 15 is 0 Å². The van der Waals surface area contributed by atoms with Crippen molar-refractivity contribution in [3.05, 3.63) is 65.2 Å². The average molecular weight is 309 g/mol. The third-order valence-electron chi connectivity index (χ3n) is 2.80. The second-order valence-corrected chi connectivity index (χ2v) is 5.89. The Morgan fingerprint density at radius 2 is 1.90 bits per heavy atom. The van der Waals surface area contributed by atoms with Crippen LogP contribution < -0.4 is 5.32 Å². The molecule has 1 unspecified atom stereocenters. The fraction of sp³-hybridized carbons (Fsp3) is 0.133. The number of hydrogen-bond donors (Lipinski definition) is 1. The Bertz CT molecular complexity index is 704. The van der Waals surface area contributed by atoms with Gasteiger partial charge < -0.3 is 5.32 Å². The Morgan fingerprint density at radius 3 is 2.57 bits per heavy atom. The normalized spacial score (nSPS) is 12.0. The van der Waals surface area contributed by atoms with E-state index in [0.29, 0.717) is 17.3 Å². The summed E-state index contributed by atoms with van der Waals surface area (Å²) in [6.45, 7) is 0. The molecule has 6 heteroatoms. The Labute approximate surface area is 123 Å². The topological polar surface area (TPSA) is 46.2 Å². The number of rotatable bonds is 4. The second-order valence-electron chi connectivity index (χ2n) is 4.45. The molecule has 0 fully saturated rings. The number of nitrogens with one attached hydrogen (secondary N) is 1. The quantitative estimate of drug-likeness (QED) is 0.943. The minimum atomic E-state index is -1.07. The molecule has 2 aromatic rings. The molecule has 21 heavy (non-hydrogen) atoms. The third kappa shape index (κ3) is 3.95. The smallest absolute Gasteiger partial charge is 0.258 e. The van der Waals surface area contributed by atoms with Gasteiger partial charge in [0.25, 0.3) is 5.91 Å². The van der Waals surface area contributed by atoms with Gasteiger partial charge in [-0.15, -0.1) is 0 Å². The summed E-state index contributed by atoms with van der Waals surface area (Å²) in [5.41, 5.74) is 0.902. The molecule has 0 saturated carbocycles. The molecule has 0 radical (unpaired) electrons. The van der Waals surface area contributed by atoms with Crippen molar-refractivity contribution in [2.75, 3.05) is 11.6 Å². The summed E-state index contributed by atoms with van der Waals surface area (Å²) < 4.78 is 37.7. The number of amides is 1. The van der Waals surface area contributed by atoms with Crippen LogP contribution in [0, 0.1) is 11.6 Å². The third-order valence-corrected chi connectivity index (χ3v) is 3.52. The highest BCUT2D eigenvalue weighted by molar-refractivity contribution is 7.83. The van der Waals surface area contributed by atoms with E-state index in [-0.39, 0.29) is 11.3 Å². The van der Waals surface area contributed by atoms with Gasteiger partial charge in [-0.25, -0.2) is 8.78 Å². The zero-order valence-electron chi connectivity index (χ0n) is 11.2. The molecule has 0 saturated heterocycles. The van der Waals surface area contributed by atoms with Gasteiger partial charge in [-0.2, -0.15) is 0 Å². The maximum Gasteiger partial charge on any atom is 0.258 e. The van der Waals surface area contributed by atoms with E-state index in [2.05, 4.69) is 5.32 Å². The lowest BCUT2D eigenvalue weighted by Gasteiger charge is -2.10. The lowest BCUT2D eigenvalue weighted by Crippen LogP contribution is -2.15. The molecule has 1 atom stereocenters. The van der Waals surface area contributed by atoms with Crippen LogP contribution in [0.15, 0.2) is 42.5 Å². The minimum absolute atomic E-state index is 0.246. The highest BCUT2D eigenvalue weighted by Gasteiger charge is 2.14. The molecule has 0 aliphatic rings. The predicted octanol–water partition coefficient (Wildman–Crippen LogP) is 3.10. The summed E-state index contributed by atoms with van der Waals surface area (Å²) in [7, 11) is -1.07. The first-order valence-electron chi connectivity index (χ1n) is 6.11. The molecule has 0 aliphatic carbocycles. The van der Waals surface area contributed by atoms with Crippen molar-refractivity contribution in [2.24, 2.45) is 0 Å². The van der Waals surface area contributed by atoms with Crippen molar-refractivity contribution in [1.29, 1.82) is 0 Å². The average Bonchev–Trinajstić information content (AvgIpc) is 2.40. The van der Waals surface area contributed by atoms with Gasteiger partial charge in [-0.05, 0) is 23.8 Å². The summed E-state index contributed by atoms with van der Waals surface area (Å²) in [4.78, 5) is 12.0. The van der Waals surface area contributed by atoms with Crippen molar-refractivity contribution in [2.45, 2.75) is 5.75 Å². The molecule has 0 bridgehead atoms. The van der Waals surface area contributed by atoms with Crippen molar-refractivity contribution < 1.29 is 17.8 Å². The van der Waals surface area contributed by atoms with Crippen LogP contribution in [0.1, 0.15) is 15.9 Å². The van der Waals surface area contributed by atoms with Crippen LogP contribution in [0.4, 0.5) is 14.5 Å². The van der Waals surface area contributed by atoms with Gasteiger partial charge >= 0.3 is 0 Å². The Kier molecular flexibility index (Phi) is 4.80. The molecule has 1 amide bonds. The number of anilines is 1. The van der Waals surface area contributed by atoms with Gasteiger partial charge in [0.05, 0.1) is 11.3 Å². The summed E-state index contributed by atoms with van der Waals surface area (Å²) in [5.74, 6) is -2.07. The van der Waals surface area contributed by atoms with Crippen molar-refractivity contribution >= 4 is 22.4 Å². The Morgan fingerprint density at radius 1 is 1.19 bits per heavy atom.